The smallest absolute Gasteiger partial charge is 0.268 e. The molecular formula is C26H34N6O3S. The summed E-state index contributed by atoms with van der Waals surface area (Å²) in [6.07, 6.45) is 6.15. The summed E-state index contributed by atoms with van der Waals surface area (Å²) in [4.78, 5) is 24.4. The summed E-state index contributed by atoms with van der Waals surface area (Å²) in [6.45, 7) is 13.7. The first-order chi connectivity index (χ1) is 16.9. The quantitative estimate of drug-likeness (QED) is 0.511. The van der Waals surface area contributed by atoms with E-state index in [2.05, 4.69) is 54.3 Å². The van der Waals surface area contributed by atoms with E-state index < -0.39 is 15.9 Å². The molecule has 9 nitrogen and oxygen atoms in total. The Labute approximate surface area is 213 Å². The fourth-order valence-electron chi connectivity index (χ4n) is 4.91. The van der Waals surface area contributed by atoms with Crippen molar-refractivity contribution in [1.29, 1.82) is 0 Å². The molecule has 1 amide bonds. The minimum absolute atomic E-state index is 0.0304. The van der Waals surface area contributed by atoms with Crippen LogP contribution in [-0.2, 0) is 16.6 Å². The van der Waals surface area contributed by atoms with Gasteiger partial charge in [0.25, 0.3) is 15.9 Å². The van der Waals surface area contributed by atoms with Crippen LogP contribution in [0.15, 0.2) is 47.8 Å². The van der Waals surface area contributed by atoms with Crippen LogP contribution in [0.25, 0.3) is 11.3 Å². The largest absolute Gasteiger partial charge is 0.351 e. The van der Waals surface area contributed by atoms with Gasteiger partial charge in [-0.1, -0.05) is 20.8 Å². The number of aromatic nitrogens is 4. The molecular weight excluding hydrogens is 476 g/mol. The van der Waals surface area contributed by atoms with Gasteiger partial charge in [0.2, 0.25) is 0 Å². The van der Waals surface area contributed by atoms with Crippen molar-refractivity contribution in [3.8, 4) is 11.3 Å². The summed E-state index contributed by atoms with van der Waals surface area (Å²) in [6, 6.07) is 6.35. The first-order valence-corrected chi connectivity index (χ1v) is 13.7. The topological polar surface area (TPSA) is 110 Å². The Morgan fingerprint density at radius 3 is 2.64 bits per heavy atom. The van der Waals surface area contributed by atoms with Crippen molar-refractivity contribution >= 4 is 21.7 Å². The molecule has 36 heavy (non-hydrogen) atoms. The van der Waals surface area contributed by atoms with E-state index in [1.165, 1.54) is 18.3 Å². The molecule has 10 heteroatoms. The Hall–Kier alpha value is -3.27. The number of sulfonamides is 1. The van der Waals surface area contributed by atoms with Crippen molar-refractivity contribution in [3.63, 3.8) is 0 Å². The number of carbonyl (C=O) groups excluding carboxylic acids is 1. The number of nitrogens with one attached hydrogen (secondary N) is 1. The summed E-state index contributed by atoms with van der Waals surface area (Å²) in [5.74, 6) is 0.591. The molecule has 1 aliphatic heterocycles. The lowest BCUT2D eigenvalue weighted by Gasteiger charge is -2.34. The van der Waals surface area contributed by atoms with Crippen LogP contribution in [-0.4, -0.2) is 46.2 Å². The van der Waals surface area contributed by atoms with Gasteiger partial charge in [0.1, 0.15) is 10.7 Å². The van der Waals surface area contributed by atoms with Gasteiger partial charge in [-0.25, -0.2) is 18.1 Å². The van der Waals surface area contributed by atoms with Crippen LogP contribution in [0.2, 0.25) is 0 Å². The van der Waals surface area contributed by atoms with Crippen molar-refractivity contribution in [2.24, 2.45) is 11.8 Å². The molecule has 0 radical (unpaired) electrons. The maximum atomic E-state index is 13.4. The van der Waals surface area contributed by atoms with Gasteiger partial charge in [-0.05, 0) is 63.3 Å². The maximum absolute atomic E-state index is 13.4. The van der Waals surface area contributed by atoms with E-state index in [9.17, 15) is 13.2 Å². The Kier molecular flexibility index (Phi) is 6.92. The van der Waals surface area contributed by atoms with Gasteiger partial charge in [0, 0.05) is 36.6 Å². The second-order valence-electron chi connectivity index (χ2n) is 10.7. The highest BCUT2D eigenvalue weighted by atomic mass is 32.2. The van der Waals surface area contributed by atoms with Gasteiger partial charge < -0.3 is 4.90 Å². The normalized spacial score (nSPS) is 17.5. The van der Waals surface area contributed by atoms with E-state index >= 15 is 0 Å². The number of nitrogens with zero attached hydrogens (tertiary/aromatic N) is 5. The van der Waals surface area contributed by atoms with E-state index in [1.807, 2.05) is 10.9 Å². The second kappa shape index (κ2) is 9.65. The molecule has 0 saturated carbocycles. The average Bonchev–Trinajstić information content (AvgIpc) is 3.35. The third-order valence-corrected chi connectivity index (χ3v) is 7.87. The fraction of sp³-hybridized carbons (Fsp3) is 0.462. The molecule has 1 atom stereocenters. The average molecular weight is 511 g/mol. The molecule has 1 aliphatic rings. The minimum Gasteiger partial charge on any atom is -0.351 e. The van der Waals surface area contributed by atoms with Gasteiger partial charge in [-0.15, -0.1) is 0 Å². The van der Waals surface area contributed by atoms with Crippen LogP contribution in [0.1, 0.15) is 57.1 Å². The predicted octanol–water partition coefficient (Wildman–Crippen LogP) is 4.05. The third-order valence-electron chi connectivity index (χ3n) is 6.40. The molecule has 0 bridgehead atoms. The second-order valence-corrected chi connectivity index (χ2v) is 12.3. The molecule has 192 valence electrons. The lowest BCUT2D eigenvalue weighted by Crippen LogP contribution is -2.41. The first-order valence-electron chi connectivity index (χ1n) is 12.2. The van der Waals surface area contributed by atoms with Crippen molar-refractivity contribution in [2.45, 2.75) is 64.9 Å². The molecule has 0 spiro atoms. The molecule has 3 aromatic heterocycles. The summed E-state index contributed by atoms with van der Waals surface area (Å²) < 4.78 is 30.1. The lowest BCUT2D eigenvalue weighted by molar-refractivity contribution is 0.0981. The van der Waals surface area contributed by atoms with Gasteiger partial charge in [0.15, 0.2) is 0 Å². The molecule has 1 fully saturated rings. The fourth-order valence-corrected chi connectivity index (χ4v) is 6.07. The number of amides is 1. The molecule has 4 heterocycles. The van der Waals surface area contributed by atoms with E-state index in [-0.39, 0.29) is 16.0 Å². The van der Waals surface area contributed by atoms with Crippen LogP contribution in [0.5, 0.6) is 0 Å². The number of hydrogen-bond donors (Lipinski definition) is 1. The highest BCUT2D eigenvalue weighted by Crippen LogP contribution is 2.38. The first kappa shape index (κ1) is 25.8. The number of pyridine rings is 2. The van der Waals surface area contributed by atoms with Crippen LogP contribution >= 0.6 is 0 Å². The van der Waals surface area contributed by atoms with Crippen molar-refractivity contribution in [1.82, 2.24) is 24.5 Å². The molecule has 1 saturated heterocycles. The SMILES string of the molecule is Cc1ncccc1S(=O)(=O)NC(=O)c1ccc(-c2cnn(CC(C)C)c2)nc1N1C[C@@H](C)CC1(C)C. The summed E-state index contributed by atoms with van der Waals surface area (Å²) >= 11 is 0. The van der Waals surface area contributed by atoms with Gasteiger partial charge >= 0.3 is 0 Å². The highest BCUT2D eigenvalue weighted by Gasteiger charge is 2.39. The molecule has 0 aromatic carbocycles. The van der Waals surface area contributed by atoms with E-state index in [0.717, 1.165) is 18.5 Å². The van der Waals surface area contributed by atoms with Crippen molar-refractivity contribution in [2.75, 3.05) is 11.4 Å². The maximum Gasteiger partial charge on any atom is 0.268 e. The van der Waals surface area contributed by atoms with Crippen LogP contribution in [0.4, 0.5) is 5.82 Å². The van der Waals surface area contributed by atoms with E-state index in [1.54, 1.807) is 25.3 Å². The van der Waals surface area contributed by atoms with Crippen LogP contribution in [0.3, 0.4) is 0 Å². The van der Waals surface area contributed by atoms with Gasteiger partial charge in [-0.3, -0.25) is 14.5 Å². The molecule has 1 N–H and O–H groups in total. The molecule has 0 aliphatic carbocycles. The molecule has 4 rings (SSSR count). The zero-order chi connectivity index (χ0) is 26.3. The summed E-state index contributed by atoms with van der Waals surface area (Å²) in [7, 11) is -4.11. The Balaban J connectivity index is 1.75. The van der Waals surface area contributed by atoms with E-state index in [0.29, 0.717) is 35.6 Å². The van der Waals surface area contributed by atoms with Crippen molar-refractivity contribution < 1.29 is 13.2 Å². The van der Waals surface area contributed by atoms with Crippen LogP contribution < -0.4 is 9.62 Å². The molecule has 0 unspecified atom stereocenters. The summed E-state index contributed by atoms with van der Waals surface area (Å²) in [5, 5.41) is 4.45. The highest BCUT2D eigenvalue weighted by molar-refractivity contribution is 7.90. The Morgan fingerprint density at radius 1 is 1.25 bits per heavy atom. The Bertz CT molecular complexity index is 1380. The zero-order valence-corrected chi connectivity index (χ0v) is 22.5. The van der Waals surface area contributed by atoms with E-state index in [4.69, 9.17) is 4.98 Å². The van der Waals surface area contributed by atoms with Crippen molar-refractivity contribution in [3.05, 3.63) is 54.1 Å². The number of rotatable bonds is 7. The molecule has 3 aromatic rings. The monoisotopic (exact) mass is 510 g/mol. The standard InChI is InChI=1S/C26H34N6O3S/c1-17(2)14-31-16-20(13-28-31)22-10-9-21(24(29-22)32-15-18(3)12-26(32,5)6)25(33)30-36(34,35)23-8-7-11-27-19(23)4/h7-11,13,16-18H,12,14-15H2,1-6H3,(H,30,33)/t18-/m0/s1. The van der Waals surface area contributed by atoms with Gasteiger partial charge in [0.05, 0.1) is 23.1 Å². The number of anilines is 1. The lowest BCUT2D eigenvalue weighted by atomic mass is 9.97. The number of hydrogen-bond acceptors (Lipinski definition) is 7. The van der Waals surface area contributed by atoms with Crippen LogP contribution in [0, 0.1) is 18.8 Å². The predicted molar refractivity (Wildman–Crippen MR) is 139 cm³/mol. The minimum atomic E-state index is -4.11. The summed E-state index contributed by atoms with van der Waals surface area (Å²) in [5.41, 5.74) is 1.80. The third kappa shape index (κ3) is 5.28. The number of aryl methyl sites for hydroxylation is 1. The van der Waals surface area contributed by atoms with Gasteiger partial charge in [-0.2, -0.15) is 5.10 Å². The zero-order valence-electron chi connectivity index (χ0n) is 21.7. The Morgan fingerprint density at radius 2 is 2.00 bits per heavy atom. The number of carbonyl (C=O) groups is 1.